The molecule has 0 bridgehead atoms. The Morgan fingerprint density at radius 3 is 2.61 bits per heavy atom. The highest BCUT2D eigenvalue weighted by atomic mass is 32.1. The van der Waals surface area contributed by atoms with Crippen molar-refractivity contribution in [1.29, 1.82) is 0 Å². The van der Waals surface area contributed by atoms with Gasteiger partial charge in [-0.15, -0.1) is 11.3 Å². The van der Waals surface area contributed by atoms with Crippen molar-refractivity contribution in [3.8, 4) is 0 Å². The van der Waals surface area contributed by atoms with Crippen LogP contribution in [0, 0.1) is 5.92 Å². The molecule has 1 heterocycles. The smallest absolute Gasteiger partial charge is 0.240 e. The zero-order valence-electron chi connectivity index (χ0n) is 11.2. The lowest BCUT2D eigenvalue weighted by molar-refractivity contribution is -0.136. The SMILES string of the molecule is CC(C)[C@H](N)C(=O)N(C1CC1)[C@H](C)c1nccs1. The lowest BCUT2D eigenvalue weighted by Crippen LogP contribution is -2.48. The van der Waals surface area contributed by atoms with Gasteiger partial charge >= 0.3 is 0 Å². The van der Waals surface area contributed by atoms with Crippen LogP contribution in [0.15, 0.2) is 11.6 Å². The number of hydrogen-bond donors (Lipinski definition) is 1. The van der Waals surface area contributed by atoms with Gasteiger partial charge in [0, 0.05) is 17.6 Å². The van der Waals surface area contributed by atoms with Gasteiger partial charge in [0.15, 0.2) is 0 Å². The van der Waals surface area contributed by atoms with Crippen LogP contribution in [0.1, 0.15) is 44.7 Å². The molecule has 0 aromatic carbocycles. The molecule has 1 aliphatic carbocycles. The van der Waals surface area contributed by atoms with Crippen LogP contribution in [0.25, 0.3) is 0 Å². The molecule has 0 aliphatic heterocycles. The van der Waals surface area contributed by atoms with Crippen molar-refractivity contribution in [3.63, 3.8) is 0 Å². The van der Waals surface area contributed by atoms with Crippen LogP contribution >= 0.6 is 11.3 Å². The van der Waals surface area contributed by atoms with Crippen molar-refractivity contribution < 1.29 is 4.79 Å². The summed E-state index contributed by atoms with van der Waals surface area (Å²) >= 11 is 1.60. The molecule has 1 aromatic heterocycles. The van der Waals surface area contributed by atoms with E-state index in [4.69, 9.17) is 5.73 Å². The number of rotatable bonds is 5. The molecule has 0 unspecified atom stereocenters. The molecule has 1 fully saturated rings. The fraction of sp³-hybridized carbons (Fsp3) is 0.692. The summed E-state index contributed by atoms with van der Waals surface area (Å²) in [7, 11) is 0. The summed E-state index contributed by atoms with van der Waals surface area (Å²) in [4.78, 5) is 18.7. The lowest BCUT2D eigenvalue weighted by Gasteiger charge is -2.31. The number of thiazole rings is 1. The van der Waals surface area contributed by atoms with Crippen LogP contribution in [0.2, 0.25) is 0 Å². The van der Waals surface area contributed by atoms with Gasteiger partial charge in [-0.3, -0.25) is 4.79 Å². The molecule has 2 rings (SSSR count). The quantitative estimate of drug-likeness (QED) is 0.889. The third-order valence-corrected chi connectivity index (χ3v) is 4.37. The van der Waals surface area contributed by atoms with Gasteiger partial charge in [0.1, 0.15) is 5.01 Å². The molecule has 2 atom stereocenters. The maximum atomic E-state index is 12.5. The summed E-state index contributed by atoms with van der Waals surface area (Å²) in [6.45, 7) is 6.02. The Labute approximate surface area is 112 Å². The molecule has 1 aliphatic rings. The van der Waals surface area contributed by atoms with E-state index in [1.54, 1.807) is 17.5 Å². The van der Waals surface area contributed by atoms with E-state index in [1.165, 1.54) is 0 Å². The lowest BCUT2D eigenvalue weighted by atomic mass is 10.0. The molecule has 5 heteroatoms. The van der Waals surface area contributed by atoms with E-state index >= 15 is 0 Å². The van der Waals surface area contributed by atoms with Crippen molar-refractivity contribution in [3.05, 3.63) is 16.6 Å². The Morgan fingerprint density at radius 1 is 1.50 bits per heavy atom. The number of nitrogens with zero attached hydrogens (tertiary/aromatic N) is 2. The maximum absolute atomic E-state index is 12.5. The Bertz CT molecular complexity index is 400. The highest BCUT2D eigenvalue weighted by Crippen LogP contribution is 2.35. The average molecular weight is 267 g/mol. The summed E-state index contributed by atoms with van der Waals surface area (Å²) in [5.41, 5.74) is 6.01. The van der Waals surface area contributed by atoms with Crippen LogP contribution in [0.4, 0.5) is 0 Å². The van der Waals surface area contributed by atoms with E-state index in [-0.39, 0.29) is 17.9 Å². The highest BCUT2D eigenvalue weighted by molar-refractivity contribution is 7.09. The number of carbonyl (C=O) groups excluding carboxylic acids is 1. The van der Waals surface area contributed by atoms with Gasteiger partial charge in [0.2, 0.25) is 5.91 Å². The largest absolute Gasteiger partial charge is 0.329 e. The molecule has 0 spiro atoms. The first kappa shape index (κ1) is 13.5. The van der Waals surface area contributed by atoms with Gasteiger partial charge in [-0.05, 0) is 25.7 Å². The molecule has 1 saturated carbocycles. The summed E-state index contributed by atoms with van der Waals surface area (Å²) in [5.74, 6) is 0.234. The van der Waals surface area contributed by atoms with Crippen LogP contribution < -0.4 is 5.73 Å². The standard InChI is InChI=1S/C13H21N3OS/c1-8(2)11(14)13(17)16(10-4-5-10)9(3)12-15-6-7-18-12/h6-11H,4-5,14H2,1-3H3/t9-,11+/m1/s1. The first-order chi connectivity index (χ1) is 8.52. The zero-order valence-corrected chi connectivity index (χ0v) is 12.0. The number of carbonyl (C=O) groups is 1. The number of aromatic nitrogens is 1. The Kier molecular flexibility index (Phi) is 4.02. The van der Waals surface area contributed by atoms with Crippen LogP contribution in [0.3, 0.4) is 0 Å². The normalized spacial score (nSPS) is 18.7. The van der Waals surface area contributed by atoms with Crippen molar-refractivity contribution in [2.45, 2.75) is 51.7 Å². The van der Waals surface area contributed by atoms with Crippen molar-refractivity contribution in [2.24, 2.45) is 11.7 Å². The van der Waals surface area contributed by atoms with Gasteiger partial charge in [0.05, 0.1) is 12.1 Å². The molecule has 100 valence electrons. The number of hydrogen-bond acceptors (Lipinski definition) is 4. The minimum Gasteiger partial charge on any atom is -0.329 e. The fourth-order valence-corrected chi connectivity index (χ4v) is 2.75. The topological polar surface area (TPSA) is 59.2 Å². The summed E-state index contributed by atoms with van der Waals surface area (Å²) in [6, 6.07) is -0.0102. The van der Waals surface area contributed by atoms with Crippen LogP contribution in [-0.2, 0) is 4.79 Å². The molecule has 0 radical (unpaired) electrons. The van der Waals surface area contributed by atoms with Gasteiger partial charge in [-0.2, -0.15) is 0 Å². The van der Waals surface area contributed by atoms with Gasteiger partial charge in [-0.1, -0.05) is 13.8 Å². The van der Waals surface area contributed by atoms with E-state index in [0.29, 0.717) is 6.04 Å². The third kappa shape index (κ3) is 2.72. The van der Waals surface area contributed by atoms with Crippen molar-refractivity contribution in [1.82, 2.24) is 9.88 Å². The van der Waals surface area contributed by atoms with Gasteiger partial charge in [-0.25, -0.2) is 4.98 Å². The fourth-order valence-electron chi connectivity index (χ4n) is 2.06. The predicted molar refractivity (Wildman–Crippen MR) is 73.2 cm³/mol. The molecule has 18 heavy (non-hydrogen) atoms. The van der Waals surface area contributed by atoms with Crippen LogP contribution in [-0.4, -0.2) is 27.9 Å². The van der Waals surface area contributed by atoms with E-state index < -0.39 is 6.04 Å². The van der Waals surface area contributed by atoms with Gasteiger partial charge in [0.25, 0.3) is 0 Å². The first-order valence-electron chi connectivity index (χ1n) is 6.49. The van der Waals surface area contributed by atoms with Gasteiger partial charge < -0.3 is 10.6 Å². The summed E-state index contributed by atoms with van der Waals surface area (Å²) in [6.07, 6.45) is 3.97. The summed E-state index contributed by atoms with van der Waals surface area (Å²) < 4.78 is 0. The third-order valence-electron chi connectivity index (χ3n) is 3.42. The van der Waals surface area contributed by atoms with E-state index in [0.717, 1.165) is 17.8 Å². The number of nitrogens with two attached hydrogens (primary N) is 1. The maximum Gasteiger partial charge on any atom is 0.240 e. The molecule has 2 N–H and O–H groups in total. The monoisotopic (exact) mass is 267 g/mol. The average Bonchev–Trinajstić information content (AvgIpc) is 3.01. The predicted octanol–water partition coefficient (Wildman–Crippen LogP) is 2.18. The molecular formula is C13H21N3OS. The molecular weight excluding hydrogens is 246 g/mol. The van der Waals surface area contributed by atoms with E-state index in [1.807, 2.05) is 31.1 Å². The van der Waals surface area contributed by atoms with Crippen LogP contribution in [0.5, 0.6) is 0 Å². The molecule has 4 nitrogen and oxygen atoms in total. The second-order valence-electron chi connectivity index (χ2n) is 5.29. The Balaban J connectivity index is 2.16. The Hall–Kier alpha value is -0.940. The molecule has 1 aromatic rings. The number of amides is 1. The van der Waals surface area contributed by atoms with E-state index in [9.17, 15) is 4.79 Å². The molecule has 0 saturated heterocycles. The Morgan fingerprint density at radius 2 is 2.17 bits per heavy atom. The van der Waals surface area contributed by atoms with Crippen molar-refractivity contribution in [2.75, 3.05) is 0 Å². The minimum absolute atomic E-state index is 0.0369. The minimum atomic E-state index is -0.409. The zero-order chi connectivity index (χ0) is 13.3. The van der Waals surface area contributed by atoms with E-state index in [2.05, 4.69) is 4.98 Å². The van der Waals surface area contributed by atoms with Crippen molar-refractivity contribution >= 4 is 17.2 Å². The first-order valence-corrected chi connectivity index (χ1v) is 7.37. The summed E-state index contributed by atoms with van der Waals surface area (Å²) in [5, 5.41) is 2.94. The second-order valence-corrected chi connectivity index (χ2v) is 6.22. The molecule has 1 amide bonds. The highest BCUT2D eigenvalue weighted by Gasteiger charge is 2.39. The second kappa shape index (κ2) is 5.36.